The fraction of sp³-hybridized carbons (Fsp3) is 0.619. The first kappa shape index (κ1) is 20.3. The van der Waals surface area contributed by atoms with E-state index in [0.29, 0.717) is 18.4 Å². The zero-order valence-electron chi connectivity index (χ0n) is 16.9. The van der Waals surface area contributed by atoms with Crippen LogP contribution in [0.25, 0.3) is 0 Å². The molecule has 0 spiro atoms. The van der Waals surface area contributed by atoms with E-state index in [2.05, 4.69) is 57.8 Å². The number of nitrogens with one attached hydrogen (secondary N) is 2. The van der Waals surface area contributed by atoms with Crippen molar-refractivity contribution >= 4 is 11.9 Å². The summed E-state index contributed by atoms with van der Waals surface area (Å²) in [6, 6.07) is 10.9. The van der Waals surface area contributed by atoms with Crippen LogP contribution in [0.1, 0.15) is 45.1 Å². The van der Waals surface area contributed by atoms with Crippen LogP contribution in [0.2, 0.25) is 0 Å². The van der Waals surface area contributed by atoms with Gasteiger partial charge in [-0.1, -0.05) is 43.7 Å². The fourth-order valence-corrected chi connectivity index (χ4v) is 3.83. The second-order valence-corrected chi connectivity index (χ2v) is 7.78. The van der Waals surface area contributed by atoms with Gasteiger partial charge in [-0.2, -0.15) is 0 Å². The maximum Gasteiger partial charge on any atom is 0.227 e. The molecule has 26 heavy (non-hydrogen) atoms. The highest BCUT2D eigenvalue weighted by atomic mass is 16.2. The molecule has 1 aromatic carbocycles. The number of rotatable bonds is 5. The number of hydrogen-bond acceptors (Lipinski definition) is 2. The van der Waals surface area contributed by atoms with Gasteiger partial charge in [0, 0.05) is 33.7 Å². The average Bonchev–Trinajstić information content (AvgIpc) is 2.68. The lowest BCUT2D eigenvalue weighted by Crippen LogP contribution is -2.51. The Balaban J connectivity index is 2.01. The third kappa shape index (κ3) is 4.77. The molecule has 1 aromatic rings. The number of likely N-dealkylation sites (tertiary alicyclic amines) is 1. The highest BCUT2D eigenvalue weighted by Crippen LogP contribution is 2.34. The van der Waals surface area contributed by atoms with Crippen LogP contribution < -0.4 is 10.6 Å². The first-order valence-corrected chi connectivity index (χ1v) is 9.65. The molecule has 2 N–H and O–H groups in total. The van der Waals surface area contributed by atoms with Crippen LogP contribution in [-0.4, -0.2) is 50.5 Å². The Bertz CT molecular complexity index is 612. The Labute approximate surface area is 158 Å². The van der Waals surface area contributed by atoms with Crippen molar-refractivity contribution in [1.29, 1.82) is 0 Å². The van der Waals surface area contributed by atoms with E-state index in [1.54, 1.807) is 7.05 Å². The third-order valence-electron chi connectivity index (χ3n) is 5.53. The van der Waals surface area contributed by atoms with E-state index in [9.17, 15) is 4.79 Å². The maximum absolute atomic E-state index is 12.0. The number of amides is 1. The summed E-state index contributed by atoms with van der Waals surface area (Å²) in [6.07, 6.45) is 2.28. The average molecular weight is 359 g/mol. The van der Waals surface area contributed by atoms with Gasteiger partial charge in [-0.25, -0.2) is 0 Å². The Kier molecular flexibility index (Phi) is 7.06. The summed E-state index contributed by atoms with van der Waals surface area (Å²) in [7, 11) is 3.50. The molecule has 0 radical (unpaired) electrons. The number of piperidine rings is 1. The maximum atomic E-state index is 12.0. The van der Waals surface area contributed by atoms with E-state index in [1.165, 1.54) is 5.56 Å². The van der Waals surface area contributed by atoms with E-state index in [0.717, 1.165) is 31.9 Å². The molecular weight excluding hydrogens is 324 g/mol. The molecule has 5 heteroatoms. The molecule has 0 aromatic heterocycles. The van der Waals surface area contributed by atoms with Crippen LogP contribution in [0.3, 0.4) is 0 Å². The van der Waals surface area contributed by atoms with Crippen molar-refractivity contribution in [3.63, 3.8) is 0 Å². The van der Waals surface area contributed by atoms with Crippen LogP contribution in [0.4, 0.5) is 0 Å². The van der Waals surface area contributed by atoms with E-state index in [-0.39, 0.29) is 5.91 Å². The van der Waals surface area contributed by atoms with Gasteiger partial charge in [0.1, 0.15) is 0 Å². The molecule has 2 atom stereocenters. The number of aliphatic imine (C=N–C) groups is 1. The molecule has 1 aliphatic heterocycles. The summed E-state index contributed by atoms with van der Waals surface area (Å²) in [5.74, 6) is 2.15. The van der Waals surface area contributed by atoms with Gasteiger partial charge in [-0.15, -0.1) is 0 Å². The minimum atomic E-state index is -0.475. The number of nitrogens with zero attached hydrogens (tertiary/aromatic N) is 2. The van der Waals surface area contributed by atoms with Crippen LogP contribution in [0.5, 0.6) is 0 Å². The molecular formula is C21H34N4O. The third-order valence-corrected chi connectivity index (χ3v) is 5.53. The minimum absolute atomic E-state index is 0.0367. The van der Waals surface area contributed by atoms with Crippen molar-refractivity contribution in [2.24, 2.45) is 16.3 Å². The SMILES string of the molecule is CCC1CN(C(=NC)NCC(C)(C)C(=O)NC)CCC1c1ccccc1. The second-order valence-electron chi connectivity index (χ2n) is 7.78. The Morgan fingerprint density at radius 1 is 1.31 bits per heavy atom. The van der Waals surface area contributed by atoms with Gasteiger partial charge in [0.05, 0.1) is 5.41 Å². The summed E-state index contributed by atoms with van der Waals surface area (Å²) in [5, 5.41) is 6.14. The monoisotopic (exact) mass is 358 g/mol. The highest BCUT2D eigenvalue weighted by Gasteiger charge is 2.32. The molecule has 144 valence electrons. The molecule has 1 heterocycles. The normalized spacial score (nSPS) is 21.4. The van der Waals surface area contributed by atoms with E-state index >= 15 is 0 Å². The molecule has 5 nitrogen and oxygen atoms in total. The molecule has 0 bridgehead atoms. The van der Waals surface area contributed by atoms with Crippen LogP contribution in [0, 0.1) is 11.3 Å². The molecule has 1 fully saturated rings. The Hall–Kier alpha value is -2.04. The zero-order chi connectivity index (χ0) is 19.2. The van der Waals surface area contributed by atoms with Crippen LogP contribution in [0.15, 0.2) is 35.3 Å². The van der Waals surface area contributed by atoms with Crippen molar-refractivity contribution < 1.29 is 4.79 Å². The molecule has 1 aliphatic rings. The lowest BCUT2D eigenvalue weighted by molar-refractivity contribution is -0.128. The lowest BCUT2D eigenvalue weighted by Gasteiger charge is -2.40. The van der Waals surface area contributed by atoms with E-state index in [1.807, 2.05) is 20.9 Å². The van der Waals surface area contributed by atoms with Gasteiger partial charge < -0.3 is 15.5 Å². The molecule has 0 aliphatic carbocycles. The summed E-state index contributed by atoms with van der Waals surface area (Å²) in [6.45, 7) is 8.71. The van der Waals surface area contributed by atoms with E-state index in [4.69, 9.17) is 0 Å². The predicted octanol–water partition coefficient (Wildman–Crippen LogP) is 2.85. The summed E-state index contributed by atoms with van der Waals surface area (Å²) in [5.41, 5.74) is 0.972. The second kappa shape index (κ2) is 9.06. The summed E-state index contributed by atoms with van der Waals surface area (Å²) < 4.78 is 0. The van der Waals surface area contributed by atoms with Gasteiger partial charge in [-0.05, 0) is 37.7 Å². The Morgan fingerprint density at radius 2 is 2.00 bits per heavy atom. The van der Waals surface area contributed by atoms with Gasteiger partial charge in [0.15, 0.2) is 5.96 Å². The quantitative estimate of drug-likeness (QED) is 0.629. The molecule has 2 rings (SSSR count). The van der Waals surface area contributed by atoms with Crippen molar-refractivity contribution in [1.82, 2.24) is 15.5 Å². The predicted molar refractivity (Wildman–Crippen MR) is 108 cm³/mol. The van der Waals surface area contributed by atoms with Gasteiger partial charge in [-0.3, -0.25) is 9.79 Å². The minimum Gasteiger partial charge on any atom is -0.359 e. The smallest absolute Gasteiger partial charge is 0.227 e. The van der Waals surface area contributed by atoms with Crippen LogP contribution in [-0.2, 0) is 4.79 Å². The van der Waals surface area contributed by atoms with Crippen molar-refractivity contribution in [2.45, 2.75) is 39.5 Å². The molecule has 0 saturated carbocycles. The molecule has 1 saturated heterocycles. The number of carbonyl (C=O) groups is 1. The largest absolute Gasteiger partial charge is 0.359 e. The Morgan fingerprint density at radius 3 is 2.58 bits per heavy atom. The fourth-order valence-electron chi connectivity index (χ4n) is 3.83. The number of guanidine groups is 1. The highest BCUT2D eigenvalue weighted by molar-refractivity contribution is 5.84. The van der Waals surface area contributed by atoms with Crippen LogP contribution >= 0.6 is 0 Å². The summed E-state index contributed by atoms with van der Waals surface area (Å²) in [4.78, 5) is 18.8. The number of hydrogen-bond donors (Lipinski definition) is 2. The number of carbonyl (C=O) groups excluding carboxylic acids is 1. The molecule has 1 amide bonds. The topological polar surface area (TPSA) is 56.7 Å². The lowest BCUT2D eigenvalue weighted by atomic mass is 9.79. The van der Waals surface area contributed by atoms with Crippen molar-refractivity contribution in [2.75, 3.05) is 33.7 Å². The first-order chi connectivity index (χ1) is 12.4. The van der Waals surface area contributed by atoms with Gasteiger partial charge in [0.2, 0.25) is 5.91 Å². The first-order valence-electron chi connectivity index (χ1n) is 9.65. The number of benzene rings is 1. The molecule has 2 unspecified atom stereocenters. The summed E-state index contributed by atoms with van der Waals surface area (Å²) >= 11 is 0. The van der Waals surface area contributed by atoms with Crippen molar-refractivity contribution in [3.05, 3.63) is 35.9 Å². The van der Waals surface area contributed by atoms with Gasteiger partial charge >= 0.3 is 0 Å². The van der Waals surface area contributed by atoms with E-state index < -0.39 is 5.41 Å². The van der Waals surface area contributed by atoms with Crippen molar-refractivity contribution in [3.8, 4) is 0 Å². The van der Waals surface area contributed by atoms with Gasteiger partial charge in [0.25, 0.3) is 0 Å². The zero-order valence-corrected chi connectivity index (χ0v) is 16.9. The standard InChI is InChI=1S/C21H34N4O/c1-6-16-14-25(13-12-18(16)17-10-8-7-9-11-17)20(23-5)24-15-21(2,3)19(26)22-4/h7-11,16,18H,6,12-15H2,1-5H3,(H,22,26)(H,23,24).